The highest BCUT2D eigenvalue weighted by atomic mass is 35.5. The van der Waals surface area contributed by atoms with Gasteiger partial charge in [0.25, 0.3) is 0 Å². The normalized spacial score (nSPS) is 11.5. The van der Waals surface area contributed by atoms with E-state index in [-0.39, 0.29) is 24.6 Å². The molecular formula is C23H14Cl2F3NO3S. The number of hydrogen-bond acceptors (Lipinski definition) is 5. The Kier molecular flexibility index (Phi) is 6.78. The van der Waals surface area contributed by atoms with Gasteiger partial charge in [0.1, 0.15) is 22.1 Å². The number of Topliss-reactive ketones (excluding diaryl/α,β-unsaturated/α-hetero) is 1. The lowest BCUT2D eigenvalue weighted by Gasteiger charge is -2.10. The van der Waals surface area contributed by atoms with E-state index in [1.54, 1.807) is 30.5 Å². The van der Waals surface area contributed by atoms with Crippen molar-refractivity contribution < 1.29 is 27.4 Å². The molecule has 0 N–H and O–H groups in total. The number of nitrogens with zero attached hydrogens (tertiary/aromatic N) is 1. The summed E-state index contributed by atoms with van der Waals surface area (Å²) >= 11 is 13.2. The van der Waals surface area contributed by atoms with Crippen LogP contribution in [0.4, 0.5) is 13.2 Å². The van der Waals surface area contributed by atoms with Crippen molar-refractivity contribution in [3.05, 3.63) is 86.8 Å². The van der Waals surface area contributed by atoms with Crippen molar-refractivity contribution >= 4 is 50.5 Å². The molecule has 4 aromatic rings. The maximum absolute atomic E-state index is 13.1. The van der Waals surface area contributed by atoms with Crippen LogP contribution in [0.25, 0.3) is 10.2 Å². The van der Waals surface area contributed by atoms with Gasteiger partial charge in [0.15, 0.2) is 11.5 Å². The molecule has 0 atom stereocenters. The van der Waals surface area contributed by atoms with Gasteiger partial charge in [0.2, 0.25) is 0 Å². The summed E-state index contributed by atoms with van der Waals surface area (Å²) in [5.41, 5.74) is 1.31. The third kappa shape index (κ3) is 5.76. The Balaban J connectivity index is 1.56. The van der Waals surface area contributed by atoms with Gasteiger partial charge in [-0.1, -0.05) is 41.4 Å². The van der Waals surface area contributed by atoms with E-state index in [9.17, 15) is 18.0 Å². The number of benzene rings is 2. The molecule has 0 amide bonds. The largest absolute Gasteiger partial charge is 0.573 e. The number of carbonyl (C=O) groups is 1. The van der Waals surface area contributed by atoms with Gasteiger partial charge >= 0.3 is 6.36 Å². The molecule has 0 aliphatic heterocycles. The molecule has 10 heteroatoms. The Morgan fingerprint density at radius 1 is 1.00 bits per heavy atom. The van der Waals surface area contributed by atoms with Gasteiger partial charge in [-0.3, -0.25) is 4.79 Å². The van der Waals surface area contributed by atoms with Crippen LogP contribution < -0.4 is 9.47 Å². The quantitative estimate of drug-likeness (QED) is 0.241. The number of fused-ring (bicyclic) bond motifs is 1. The number of ketones is 1. The first kappa shape index (κ1) is 23.4. The minimum absolute atomic E-state index is 0.0255. The van der Waals surface area contributed by atoms with E-state index in [0.717, 1.165) is 5.56 Å². The third-order valence-corrected chi connectivity index (χ3v) is 6.44. The smallest absolute Gasteiger partial charge is 0.487 e. The summed E-state index contributed by atoms with van der Waals surface area (Å²) < 4.78 is 46.9. The van der Waals surface area contributed by atoms with Gasteiger partial charge in [-0.2, -0.15) is 0 Å². The van der Waals surface area contributed by atoms with Crippen LogP contribution in [0, 0.1) is 0 Å². The van der Waals surface area contributed by atoms with Crippen molar-refractivity contribution in [2.24, 2.45) is 0 Å². The molecule has 0 radical (unpaired) electrons. The summed E-state index contributed by atoms with van der Waals surface area (Å²) in [6.07, 6.45) is -3.18. The average Bonchev–Trinajstić information content (AvgIpc) is 3.14. The molecule has 2 aromatic carbocycles. The SMILES string of the molecule is O=C(Cc1ccc(OC(F)(F)F)cc1)c1sc2ncccc2c1OCc1ccc(Cl)c(Cl)c1. The minimum Gasteiger partial charge on any atom is -0.487 e. The predicted molar refractivity (Wildman–Crippen MR) is 122 cm³/mol. The van der Waals surface area contributed by atoms with Gasteiger partial charge in [0, 0.05) is 12.6 Å². The van der Waals surface area contributed by atoms with E-state index in [2.05, 4.69) is 9.72 Å². The summed E-state index contributed by atoms with van der Waals surface area (Å²) in [6, 6.07) is 13.8. The van der Waals surface area contributed by atoms with Crippen LogP contribution >= 0.6 is 34.5 Å². The van der Waals surface area contributed by atoms with E-state index >= 15 is 0 Å². The summed E-state index contributed by atoms with van der Waals surface area (Å²) in [5, 5.41) is 1.51. The zero-order chi connectivity index (χ0) is 23.6. The van der Waals surface area contributed by atoms with Crippen molar-refractivity contribution in [2.75, 3.05) is 0 Å². The van der Waals surface area contributed by atoms with Crippen molar-refractivity contribution in [2.45, 2.75) is 19.4 Å². The molecule has 2 heterocycles. The van der Waals surface area contributed by atoms with Crippen molar-refractivity contribution in [1.29, 1.82) is 0 Å². The van der Waals surface area contributed by atoms with Crippen LogP contribution in [0.3, 0.4) is 0 Å². The van der Waals surface area contributed by atoms with E-state index < -0.39 is 6.36 Å². The molecule has 2 aromatic heterocycles. The molecule has 0 bridgehead atoms. The third-order valence-electron chi connectivity index (χ3n) is 4.56. The number of aromatic nitrogens is 1. The molecule has 0 saturated heterocycles. The van der Waals surface area contributed by atoms with E-state index in [1.165, 1.54) is 35.6 Å². The molecule has 0 aliphatic carbocycles. The van der Waals surface area contributed by atoms with Crippen molar-refractivity contribution in [3.63, 3.8) is 0 Å². The molecule has 4 nitrogen and oxygen atoms in total. The number of pyridine rings is 1. The molecule has 0 aliphatic rings. The molecular weight excluding hydrogens is 498 g/mol. The predicted octanol–water partition coefficient (Wildman–Crippen LogP) is 7.51. The number of alkyl halides is 3. The highest BCUT2D eigenvalue weighted by molar-refractivity contribution is 7.21. The number of halogens is 5. The summed E-state index contributed by atoms with van der Waals surface area (Å²) in [7, 11) is 0. The Morgan fingerprint density at radius 3 is 2.42 bits per heavy atom. The number of ether oxygens (including phenoxy) is 2. The standard InChI is InChI=1S/C23H14Cl2F3NO3S/c24-17-8-5-14(10-18(17)25)12-31-20-16-2-1-9-29-22(16)33-21(20)19(30)11-13-3-6-15(7-4-13)32-23(26,27)28/h1-10H,11-12H2. The maximum atomic E-state index is 13.1. The molecule has 0 unspecified atom stereocenters. The lowest BCUT2D eigenvalue weighted by molar-refractivity contribution is -0.274. The van der Waals surface area contributed by atoms with Gasteiger partial charge in [0.05, 0.1) is 15.4 Å². The van der Waals surface area contributed by atoms with Gasteiger partial charge in [-0.15, -0.1) is 24.5 Å². The summed E-state index contributed by atoms with van der Waals surface area (Å²) in [6.45, 7) is 0.154. The van der Waals surface area contributed by atoms with Crippen LogP contribution in [0.15, 0.2) is 60.8 Å². The first-order valence-electron chi connectivity index (χ1n) is 9.52. The first-order chi connectivity index (χ1) is 15.7. The zero-order valence-electron chi connectivity index (χ0n) is 16.7. The van der Waals surface area contributed by atoms with E-state index in [1.807, 2.05) is 6.07 Å². The molecule has 0 saturated carbocycles. The highest BCUT2D eigenvalue weighted by Crippen LogP contribution is 2.38. The fraction of sp³-hybridized carbons (Fsp3) is 0.130. The topological polar surface area (TPSA) is 48.4 Å². The lowest BCUT2D eigenvalue weighted by Crippen LogP contribution is -2.17. The van der Waals surface area contributed by atoms with E-state index in [4.69, 9.17) is 27.9 Å². The zero-order valence-corrected chi connectivity index (χ0v) is 19.0. The van der Waals surface area contributed by atoms with Crippen molar-refractivity contribution in [1.82, 2.24) is 4.98 Å². The molecule has 0 spiro atoms. The minimum atomic E-state index is -4.78. The van der Waals surface area contributed by atoms with Crippen LogP contribution in [0.1, 0.15) is 20.8 Å². The second kappa shape index (κ2) is 9.59. The molecule has 4 rings (SSSR count). The fourth-order valence-corrected chi connectivity index (χ4v) is 4.44. The Bertz CT molecular complexity index is 1310. The van der Waals surface area contributed by atoms with Crippen molar-refractivity contribution in [3.8, 4) is 11.5 Å². The monoisotopic (exact) mass is 511 g/mol. The maximum Gasteiger partial charge on any atom is 0.573 e. The number of carbonyl (C=O) groups excluding carboxylic acids is 1. The molecule has 170 valence electrons. The second-order valence-corrected chi connectivity index (χ2v) is 8.76. The number of hydrogen-bond donors (Lipinski definition) is 0. The number of thiophene rings is 1. The van der Waals surface area contributed by atoms with Gasteiger partial charge in [-0.25, -0.2) is 4.98 Å². The summed E-state index contributed by atoms with van der Waals surface area (Å²) in [4.78, 5) is 18.4. The Labute approximate surface area is 200 Å². The highest BCUT2D eigenvalue weighted by Gasteiger charge is 2.31. The number of rotatable bonds is 7. The van der Waals surface area contributed by atoms with Crippen LogP contribution in [0.2, 0.25) is 10.0 Å². The van der Waals surface area contributed by atoms with Gasteiger partial charge in [-0.05, 0) is 47.5 Å². The van der Waals surface area contributed by atoms with Crippen LogP contribution in [0.5, 0.6) is 11.5 Å². The Morgan fingerprint density at radius 2 is 1.73 bits per heavy atom. The second-order valence-electron chi connectivity index (χ2n) is 6.95. The fourth-order valence-electron chi connectivity index (χ4n) is 3.10. The van der Waals surface area contributed by atoms with Crippen LogP contribution in [-0.2, 0) is 13.0 Å². The summed E-state index contributed by atoms with van der Waals surface area (Å²) in [5.74, 6) is -0.196. The molecule has 33 heavy (non-hydrogen) atoms. The molecule has 0 fully saturated rings. The van der Waals surface area contributed by atoms with Gasteiger partial charge < -0.3 is 9.47 Å². The first-order valence-corrected chi connectivity index (χ1v) is 11.1. The van der Waals surface area contributed by atoms with Crippen LogP contribution in [-0.4, -0.2) is 17.1 Å². The van der Waals surface area contributed by atoms with E-state index in [0.29, 0.717) is 36.5 Å². The average molecular weight is 512 g/mol. The lowest BCUT2D eigenvalue weighted by atomic mass is 10.1. The Hall–Kier alpha value is -2.81.